The number of benzene rings is 2. The Balaban J connectivity index is 1.77. The number of nitrogens with zero attached hydrogens (tertiary/aromatic N) is 1. The second-order valence-electron chi connectivity index (χ2n) is 8.48. The number of nitrogens with one attached hydrogen (secondary N) is 2. The van der Waals surface area contributed by atoms with Crippen molar-refractivity contribution in [3.8, 4) is 11.8 Å². The second kappa shape index (κ2) is 6.58. The summed E-state index contributed by atoms with van der Waals surface area (Å²) in [6.45, 7) is 6.06. The number of aromatic nitrogens is 1. The van der Waals surface area contributed by atoms with Crippen molar-refractivity contribution in [3.63, 3.8) is 0 Å². The van der Waals surface area contributed by atoms with Gasteiger partial charge >= 0.3 is 0 Å². The van der Waals surface area contributed by atoms with Gasteiger partial charge in [0.25, 0.3) is 0 Å². The summed E-state index contributed by atoms with van der Waals surface area (Å²) in [4.78, 5) is 17.1. The lowest BCUT2D eigenvalue weighted by molar-refractivity contribution is 0.103. The van der Waals surface area contributed by atoms with Gasteiger partial charge in [-0.1, -0.05) is 26.0 Å². The second-order valence-corrected chi connectivity index (χ2v) is 8.48. The first-order valence-corrected chi connectivity index (χ1v) is 10.2. The van der Waals surface area contributed by atoms with E-state index in [4.69, 9.17) is 4.74 Å². The average molecular weight is 397 g/mol. The highest BCUT2D eigenvalue weighted by Gasteiger charge is 2.40. The molecular weight excluding hydrogens is 374 g/mol. The third kappa shape index (κ3) is 2.54. The van der Waals surface area contributed by atoms with E-state index in [0.29, 0.717) is 16.7 Å². The van der Waals surface area contributed by atoms with Crippen LogP contribution in [0.5, 0.6) is 5.75 Å². The molecule has 0 saturated heterocycles. The predicted molar refractivity (Wildman–Crippen MR) is 117 cm³/mol. The van der Waals surface area contributed by atoms with Gasteiger partial charge in [-0.05, 0) is 48.4 Å². The van der Waals surface area contributed by atoms with E-state index in [0.717, 1.165) is 53.0 Å². The van der Waals surface area contributed by atoms with Crippen LogP contribution in [-0.2, 0) is 5.41 Å². The number of hydrogen-bond donors (Lipinski definition) is 2. The first-order chi connectivity index (χ1) is 14.5. The number of fused-ring (bicyclic) bond motifs is 4. The van der Waals surface area contributed by atoms with Crippen LogP contribution in [0.1, 0.15) is 58.6 Å². The number of ether oxygens (including phenoxy) is 1. The van der Waals surface area contributed by atoms with E-state index in [1.807, 2.05) is 18.2 Å². The lowest BCUT2D eigenvalue weighted by atomic mass is 9.70. The SMILES string of the molecule is COc1cc2c(cc1C1=CCNCC1)C(C)(C)c1[nH]c3cc(C#N)ccc3c1C2=O. The molecule has 1 aliphatic carbocycles. The summed E-state index contributed by atoms with van der Waals surface area (Å²) < 4.78 is 5.71. The molecule has 0 saturated carbocycles. The zero-order valence-electron chi connectivity index (χ0n) is 17.3. The number of nitriles is 1. The summed E-state index contributed by atoms with van der Waals surface area (Å²) in [5, 5.41) is 13.5. The zero-order valence-corrected chi connectivity index (χ0v) is 17.3. The first-order valence-electron chi connectivity index (χ1n) is 10.2. The van der Waals surface area contributed by atoms with Gasteiger partial charge in [-0.15, -0.1) is 0 Å². The molecule has 5 nitrogen and oxygen atoms in total. The number of methoxy groups -OCH3 is 1. The molecule has 0 radical (unpaired) electrons. The standard InChI is InChI=1S/C25H23N3O2/c1-25(2)19-11-17(15-6-8-27-9-7-15)21(30-3)12-18(19)23(29)22-16-5-4-14(13-26)10-20(16)28-24(22)25/h4-6,10-12,27-28H,7-9H2,1-3H3. The van der Waals surface area contributed by atoms with Gasteiger partial charge in [-0.25, -0.2) is 0 Å². The molecule has 30 heavy (non-hydrogen) atoms. The lowest BCUT2D eigenvalue weighted by Crippen LogP contribution is -2.30. The van der Waals surface area contributed by atoms with E-state index < -0.39 is 0 Å². The molecule has 0 spiro atoms. The number of carbonyl (C=O) groups excluding carboxylic acids is 1. The molecule has 5 heteroatoms. The quantitative estimate of drug-likeness (QED) is 0.676. The predicted octanol–water partition coefficient (Wildman–Crippen LogP) is 4.30. The molecule has 150 valence electrons. The molecule has 0 fully saturated rings. The van der Waals surface area contributed by atoms with Crippen LogP contribution in [0.2, 0.25) is 0 Å². The monoisotopic (exact) mass is 397 g/mol. The van der Waals surface area contributed by atoms with Crippen LogP contribution in [0.15, 0.2) is 36.4 Å². The average Bonchev–Trinajstić information content (AvgIpc) is 3.17. The van der Waals surface area contributed by atoms with E-state index in [-0.39, 0.29) is 11.2 Å². The molecule has 2 heterocycles. The largest absolute Gasteiger partial charge is 0.496 e. The van der Waals surface area contributed by atoms with Gasteiger partial charge in [0.15, 0.2) is 5.78 Å². The maximum atomic E-state index is 13.6. The Morgan fingerprint density at radius 2 is 2.00 bits per heavy atom. The Bertz CT molecular complexity index is 1290. The highest BCUT2D eigenvalue weighted by Crippen LogP contribution is 2.46. The third-order valence-corrected chi connectivity index (χ3v) is 6.45. The third-order valence-electron chi connectivity index (χ3n) is 6.45. The maximum Gasteiger partial charge on any atom is 0.195 e. The molecule has 0 atom stereocenters. The fraction of sp³-hybridized carbons (Fsp3) is 0.280. The van der Waals surface area contributed by atoms with Crippen molar-refractivity contribution >= 4 is 22.3 Å². The summed E-state index contributed by atoms with van der Waals surface area (Å²) in [5.74, 6) is 0.737. The van der Waals surface area contributed by atoms with Crippen LogP contribution >= 0.6 is 0 Å². The minimum atomic E-state index is -0.390. The molecule has 3 aromatic rings. The van der Waals surface area contributed by atoms with Crippen molar-refractivity contribution in [2.45, 2.75) is 25.7 Å². The van der Waals surface area contributed by atoms with Crippen LogP contribution in [-0.4, -0.2) is 31.0 Å². The Labute approximate surface area is 175 Å². The van der Waals surface area contributed by atoms with Crippen molar-refractivity contribution in [2.24, 2.45) is 0 Å². The fourth-order valence-electron chi connectivity index (χ4n) is 4.81. The van der Waals surface area contributed by atoms with Crippen LogP contribution in [0.25, 0.3) is 16.5 Å². The van der Waals surface area contributed by atoms with E-state index >= 15 is 0 Å². The molecule has 1 aromatic heterocycles. The van der Waals surface area contributed by atoms with E-state index in [1.165, 1.54) is 5.57 Å². The summed E-state index contributed by atoms with van der Waals surface area (Å²) in [5.41, 5.74) is 6.60. The lowest BCUT2D eigenvalue weighted by Gasteiger charge is -2.33. The molecule has 0 amide bonds. The number of carbonyl (C=O) groups is 1. The fourth-order valence-corrected chi connectivity index (χ4v) is 4.81. The first kappa shape index (κ1) is 18.7. The van der Waals surface area contributed by atoms with Crippen LogP contribution in [0, 0.1) is 11.3 Å². The van der Waals surface area contributed by atoms with Crippen molar-refractivity contribution < 1.29 is 9.53 Å². The Hall–Kier alpha value is -3.36. The normalized spacial score (nSPS) is 17.1. The summed E-state index contributed by atoms with van der Waals surface area (Å²) in [6.07, 6.45) is 3.13. The van der Waals surface area contributed by atoms with Gasteiger partial charge in [0.2, 0.25) is 0 Å². The van der Waals surface area contributed by atoms with Gasteiger partial charge in [0.1, 0.15) is 5.75 Å². The van der Waals surface area contributed by atoms with E-state index in [1.54, 1.807) is 13.2 Å². The smallest absolute Gasteiger partial charge is 0.195 e. The molecule has 0 unspecified atom stereocenters. The Morgan fingerprint density at radius 3 is 2.70 bits per heavy atom. The Morgan fingerprint density at radius 1 is 1.17 bits per heavy atom. The minimum Gasteiger partial charge on any atom is -0.496 e. The van der Waals surface area contributed by atoms with Crippen LogP contribution < -0.4 is 10.1 Å². The van der Waals surface area contributed by atoms with Gasteiger partial charge < -0.3 is 15.0 Å². The van der Waals surface area contributed by atoms with Gasteiger partial charge in [0.05, 0.1) is 24.3 Å². The Kier molecular flexibility index (Phi) is 4.09. The molecule has 5 rings (SSSR count). The van der Waals surface area contributed by atoms with Crippen molar-refractivity contribution in [2.75, 3.05) is 20.2 Å². The molecule has 1 aliphatic heterocycles. The van der Waals surface area contributed by atoms with Gasteiger partial charge in [-0.3, -0.25) is 4.79 Å². The molecule has 2 aromatic carbocycles. The van der Waals surface area contributed by atoms with Gasteiger partial charge in [0, 0.05) is 39.7 Å². The zero-order chi connectivity index (χ0) is 21.0. The maximum absolute atomic E-state index is 13.6. The summed E-state index contributed by atoms with van der Waals surface area (Å²) in [6, 6.07) is 11.7. The van der Waals surface area contributed by atoms with Gasteiger partial charge in [-0.2, -0.15) is 5.26 Å². The molecule has 2 aliphatic rings. The number of H-pyrrole nitrogens is 1. The van der Waals surface area contributed by atoms with Crippen molar-refractivity contribution in [1.29, 1.82) is 5.26 Å². The van der Waals surface area contributed by atoms with E-state index in [9.17, 15) is 10.1 Å². The highest BCUT2D eigenvalue weighted by molar-refractivity contribution is 6.20. The number of hydrogen-bond acceptors (Lipinski definition) is 4. The summed E-state index contributed by atoms with van der Waals surface area (Å²) in [7, 11) is 1.66. The number of rotatable bonds is 2. The number of ketones is 1. The highest BCUT2D eigenvalue weighted by atomic mass is 16.5. The van der Waals surface area contributed by atoms with Crippen molar-refractivity contribution in [1.82, 2.24) is 10.3 Å². The topological polar surface area (TPSA) is 77.9 Å². The van der Waals surface area contributed by atoms with Crippen LogP contribution in [0.4, 0.5) is 0 Å². The minimum absolute atomic E-state index is 0.000534. The molecule has 0 bridgehead atoms. The summed E-state index contributed by atoms with van der Waals surface area (Å²) >= 11 is 0. The van der Waals surface area contributed by atoms with E-state index in [2.05, 4.69) is 42.4 Å². The van der Waals surface area contributed by atoms with Crippen molar-refractivity contribution in [3.05, 3.63) is 69.9 Å². The molecule has 2 N–H and O–H groups in total. The van der Waals surface area contributed by atoms with Crippen LogP contribution in [0.3, 0.4) is 0 Å². The number of aromatic amines is 1. The molecular formula is C25H23N3O2.